The van der Waals surface area contributed by atoms with Crippen LogP contribution in [0.3, 0.4) is 0 Å². The third-order valence-corrected chi connectivity index (χ3v) is 9.58. The second-order valence-corrected chi connectivity index (χ2v) is 12.7. The summed E-state index contributed by atoms with van der Waals surface area (Å²) in [5.74, 6) is -0.189. The molecule has 14 heteroatoms. The fourth-order valence-corrected chi connectivity index (χ4v) is 7.04. The molecule has 0 aliphatic carbocycles. The smallest absolute Gasteiger partial charge is 0.333 e. The van der Waals surface area contributed by atoms with E-state index in [2.05, 4.69) is 10.2 Å². The van der Waals surface area contributed by atoms with Crippen LogP contribution in [0.5, 0.6) is 5.75 Å². The zero-order valence-electron chi connectivity index (χ0n) is 26.0. The molecular weight excluding hydrogens is 603 g/mol. The van der Waals surface area contributed by atoms with Gasteiger partial charge < -0.3 is 19.5 Å². The van der Waals surface area contributed by atoms with Gasteiger partial charge in [0.1, 0.15) is 26.9 Å². The number of aliphatic hydroxyl groups excluding tert-OH is 1. The lowest BCUT2D eigenvalue weighted by molar-refractivity contribution is -0.138. The summed E-state index contributed by atoms with van der Waals surface area (Å²) in [4.78, 5) is 45.1. The largest absolute Gasteiger partial charge is 0.496 e. The van der Waals surface area contributed by atoms with Crippen molar-refractivity contribution in [3.05, 3.63) is 68.4 Å². The van der Waals surface area contributed by atoms with Gasteiger partial charge in [-0.1, -0.05) is 11.3 Å². The SMILES string of the molecule is COc1ccc(F)cc1CCn1c(=O)n(C(C)(C)C(=O)N2CCCC2)c(=O)c2c(C)c(-n3nccn3)sc21.OC1CCOCC1. The van der Waals surface area contributed by atoms with Crippen LogP contribution in [0.4, 0.5) is 4.39 Å². The molecular formula is C31H39FN6O6S. The first kappa shape index (κ1) is 32.5. The van der Waals surface area contributed by atoms with E-state index in [0.29, 0.717) is 45.2 Å². The minimum atomic E-state index is -1.41. The minimum absolute atomic E-state index is 0.0891. The number of fused-ring (bicyclic) bond motifs is 1. The van der Waals surface area contributed by atoms with Crippen LogP contribution in [0, 0.1) is 12.7 Å². The second kappa shape index (κ2) is 13.6. The highest BCUT2D eigenvalue weighted by molar-refractivity contribution is 7.21. The van der Waals surface area contributed by atoms with Gasteiger partial charge in [-0.25, -0.2) is 13.8 Å². The van der Waals surface area contributed by atoms with Crippen molar-refractivity contribution in [3.63, 3.8) is 0 Å². The summed E-state index contributed by atoms with van der Waals surface area (Å²) >= 11 is 1.22. The summed E-state index contributed by atoms with van der Waals surface area (Å²) in [6.45, 7) is 7.80. The van der Waals surface area contributed by atoms with Crippen LogP contribution < -0.4 is 16.0 Å². The summed E-state index contributed by atoms with van der Waals surface area (Å²) in [6, 6.07) is 4.22. The Kier molecular flexibility index (Phi) is 9.85. The second-order valence-electron chi connectivity index (χ2n) is 11.7. The topological polar surface area (TPSA) is 134 Å². The Morgan fingerprint density at radius 2 is 1.82 bits per heavy atom. The molecule has 0 radical (unpaired) electrons. The van der Waals surface area contributed by atoms with Gasteiger partial charge in [0.15, 0.2) is 0 Å². The molecule has 1 aromatic carbocycles. The Morgan fingerprint density at radius 1 is 1.16 bits per heavy atom. The van der Waals surface area contributed by atoms with Crippen molar-refractivity contribution in [1.82, 2.24) is 29.0 Å². The third-order valence-electron chi connectivity index (χ3n) is 8.30. The van der Waals surface area contributed by atoms with Crippen molar-refractivity contribution in [3.8, 4) is 10.8 Å². The Hall–Kier alpha value is -3.88. The normalized spacial score (nSPS) is 15.7. The molecule has 0 bridgehead atoms. The average Bonchev–Trinajstić information content (AvgIpc) is 3.80. The van der Waals surface area contributed by atoms with Crippen LogP contribution in [0.1, 0.15) is 50.7 Å². The van der Waals surface area contributed by atoms with Gasteiger partial charge in [0.05, 0.1) is 31.0 Å². The predicted octanol–water partition coefficient (Wildman–Crippen LogP) is 3.02. The van der Waals surface area contributed by atoms with E-state index in [9.17, 15) is 18.8 Å². The lowest BCUT2D eigenvalue weighted by Crippen LogP contribution is -2.56. The number of hydrogen-bond donors (Lipinski definition) is 1. The summed E-state index contributed by atoms with van der Waals surface area (Å²) in [6.07, 6.45) is 6.65. The fourth-order valence-electron chi connectivity index (χ4n) is 5.80. The average molecular weight is 643 g/mol. The van der Waals surface area contributed by atoms with Crippen molar-refractivity contribution in [1.29, 1.82) is 0 Å². The Labute approximate surface area is 263 Å². The fraction of sp³-hybridized carbons (Fsp3) is 0.516. The number of aliphatic hydroxyl groups is 1. The van der Waals surface area contributed by atoms with Gasteiger partial charge in [0.2, 0.25) is 5.91 Å². The standard InChI is InChI=1S/C26H29FN6O4S.C5H10O2/c1-16-20-21(34)32(26(2,3)24(35)30-12-5-6-13-30)25(36)31(23(20)38-22(16)33-28-10-11-29-33)14-9-17-15-18(27)7-8-19(17)37-4;6-5-1-3-7-4-2-5/h7-8,10-11,15H,5-6,9,12-14H2,1-4H3;5-6H,1-4H2. The number of rotatable bonds is 7. The molecule has 0 unspecified atom stereocenters. The summed E-state index contributed by atoms with van der Waals surface area (Å²) in [5.41, 5.74) is -1.35. The number of benzene rings is 1. The number of carbonyl (C=O) groups is 1. The van der Waals surface area contributed by atoms with E-state index >= 15 is 0 Å². The number of aryl methyl sites for hydroxylation is 3. The zero-order valence-corrected chi connectivity index (χ0v) is 26.8. The van der Waals surface area contributed by atoms with Gasteiger partial charge in [-0.3, -0.25) is 14.2 Å². The molecule has 5 heterocycles. The highest BCUT2D eigenvalue weighted by atomic mass is 32.1. The Bertz CT molecular complexity index is 1770. The predicted molar refractivity (Wildman–Crippen MR) is 168 cm³/mol. The van der Waals surface area contributed by atoms with Crippen LogP contribution in [0.2, 0.25) is 0 Å². The quantitative estimate of drug-likeness (QED) is 0.325. The summed E-state index contributed by atoms with van der Waals surface area (Å²) < 4.78 is 27.0. The third kappa shape index (κ3) is 6.58. The molecule has 2 aliphatic rings. The van der Waals surface area contributed by atoms with Crippen molar-refractivity contribution in [2.24, 2.45) is 0 Å². The lowest BCUT2D eigenvalue weighted by Gasteiger charge is -2.31. The first-order valence-corrected chi connectivity index (χ1v) is 15.9. The van der Waals surface area contributed by atoms with E-state index in [1.807, 2.05) is 0 Å². The van der Waals surface area contributed by atoms with Crippen molar-refractivity contribution in [2.75, 3.05) is 33.4 Å². The molecule has 6 rings (SSSR count). The van der Waals surface area contributed by atoms with E-state index in [0.717, 1.165) is 43.5 Å². The number of thiophene rings is 1. The Morgan fingerprint density at radius 3 is 2.42 bits per heavy atom. The maximum Gasteiger partial charge on any atom is 0.333 e. The number of methoxy groups -OCH3 is 1. The monoisotopic (exact) mass is 642 g/mol. The highest BCUT2D eigenvalue weighted by Crippen LogP contribution is 2.31. The van der Waals surface area contributed by atoms with E-state index < -0.39 is 22.6 Å². The Balaban J connectivity index is 0.000000505. The lowest BCUT2D eigenvalue weighted by atomic mass is 10.0. The van der Waals surface area contributed by atoms with Crippen LogP contribution in [-0.2, 0) is 28.0 Å². The first-order chi connectivity index (χ1) is 21.5. The molecule has 242 valence electrons. The molecule has 45 heavy (non-hydrogen) atoms. The van der Waals surface area contributed by atoms with Crippen LogP contribution in [-0.4, -0.2) is 79.6 Å². The summed E-state index contributed by atoms with van der Waals surface area (Å²) in [7, 11) is 1.50. The number of carbonyl (C=O) groups excluding carboxylic acids is 1. The maximum atomic E-state index is 14.0. The van der Waals surface area contributed by atoms with Crippen molar-refractivity contribution in [2.45, 2.75) is 71.1 Å². The number of likely N-dealkylation sites (tertiary alicyclic amines) is 1. The zero-order chi connectivity index (χ0) is 32.3. The molecule has 2 fully saturated rings. The molecule has 0 saturated carbocycles. The number of amides is 1. The molecule has 0 atom stereocenters. The number of ether oxygens (including phenoxy) is 2. The molecule has 1 N–H and O–H groups in total. The maximum absolute atomic E-state index is 14.0. The van der Waals surface area contributed by atoms with E-state index in [-0.39, 0.29) is 25.0 Å². The van der Waals surface area contributed by atoms with Gasteiger partial charge in [0, 0.05) is 38.4 Å². The van der Waals surface area contributed by atoms with Crippen LogP contribution in [0.15, 0.2) is 40.2 Å². The number of aromatic nitrogens is 5. The number of nitrogens with zero attached hydrogens (tertiary/aromatic N) is 6. The van der Waals surface area contributed by atoms with Crippen LogP contribution in [0.25, 0.3) is 15.2 Å². The van der Waals surface area contributed by atoms with E-state index in [4.69, 9.17) is 14.6 Å². The molecule has 1 amide bonds. The minimum Gasteiger partial charge on any atom is -0.496 e. The molecule has 2 aliphatic heterocycles. The molecule has 12 nitrogen and oxygen atoms in total. The van der Waals surface area contributed by atoms with Gasteiger partial charge in [0.25, 0.3) is 5.56 Å². The van der Waals surface area contributed by atoms with Gasteiger partial charge in [-0.2, -0.15) is 10.2 Å². The molecule has 4 aromatic rings. The van der Waals surface area contributed by atoms with E-state index in [1.54, 1.807) is 31.7 Å². The first-order valence-electron chi connectivity index (χ1n) is 15.1. The van der Waals surface area contributed by atoms with Crippen molar-refractivity contribution < 1.29 is 23.8 Å². The van der Waals surface area contributed by atoms with Crippen LogP contribution >= 0.6 is 11.3 Å². The van der Waals surface area contributed by atoms with Crippen molar-refractivity contribution >= 4 is 27.5 Å². The van der Waals surface area contributed by atoms with Gasteiger partial charge >= 0.3 is 5.69 Å². The molecule has 2 saturated heterocycles. The van der Waals surface area contributed by atoms with E-state index in [1.165, 1.54) is 52.3 Å². The number of hydrogen-bond acceptors (Lipinski definition) is 9. The molecule has 0 spiro atoms. The highest BCUT2D eigenvalue weighted by Gasteiger charge is 2.39. The molecule has 3 aromatic heterocycles. The van der Waals surface area contributed by atoms with Gasteiger partial charge in [-0.15, -0.1) is 4.80 Å². The number of halogens is 1. The summed E-state index contributed by atoms with van der Waals surface area (Å²) in [5, 5.41) is 18.2. The van der Waals surface area contributed by atoms with Gasteiger partial charge in [-0.05, 0) is 76.6 Å².